The summed E-state index contributed by atoms with van der Waals surface area (Å²) in [4.78, 5) is 13.7. The maximum Gasteiger partial charge on any atom is 0.161 e. The Labute approximate surface area is 113 Å². The summed E-state index contributed by atoms with van der Waals surface area (Å²) in [6, 6.07) is 7.18. The number of nitrogens with zero attached hydrogens (tertiary/aromatic N) is 2. The summed E-state index contributed by atoms with van der Waals surface area (Å²) in [7, 11) is 0. The number of β-amino-alcohol motifs (C(OH)–C–C–N with tert-alkyl or cyclic N) is 1. The second kappa shape index (κ2) is 5.41. The number of rotatable bonds is 2. The first-order valence-electron chi connectivity index (χ1n) is 6.51. The second-order valence-corrected chi connectivity index (χ2v) is 5.18. The zero-order valence-electron chi connectivity index (χ0n) is 11.3. The van der Waals surface area contributed by atoms with Gasteiger partial charge in [-0.05, 0) is 37.5 Å². The average Bonchev–Trinajstić information content (AvgIpc) is 2.41. The predicted molar refractivity (Wildman–Crippen MR) is 73.2 cm³/mol. The molecular formula is C15H18N2O2. The summed E-state index contributed by atoms with van der Waals surface area (Å²) in [5.74, 6) is 0.253. The minimum Gasteiger partial charge on any atom is -0.391 e. The summed E-state index contributed by atoms with van der Waals surface area (Å²) >= 11 is 0. The lowest BCUT2D eigenvalue weighted by Gasteiger charge is -2.36. The molecule has 0 aliphatic carbocycles. The third-order valence-electron chi connectivity index (χ3n) is 3.77. The highest BCUT2D eigenvalue weighted by Gasteiger charge is 2.26. The fourth-order valence-corrected chi connectivity index (χ4v) is 2.43. The van der Waals surface area contributed by atoms with Gasteiger partial charge in [-0.2, -0.15) is 5.26 Å². The Morgan fingerprint density at radius 3 is 2.84 bits per heavy atom. The van der Waals surface area contributed by atoms with Crippen LogP contribution in [0.25, 0.3) is 0 Å². The van der Waals surface area contributed by atoms with Crippen molar-refractivity contribution in [3.05, 3.63) is 29.3 Å². The van der Waals surface area contributed by atoms with Crippen LogP contribution in [0.2, 0.25) is 0 Å². The number of anilines is 1. The Bertz CT molecular complexity index is 533. The quantitative estimate of drug-likeness (QED) is 0.824. The normalized spacial score (nSPS) is 22.9. The van der Waals surface area contributed by atoms with Gasteiger partial charge in [-0.1, -0.05) is 6.92 Å². The van der Waals surface area contributed by atoms with E-state index in [-0.39, 0.29) is 17.8 Å². The highest BCUT2D eigenvalue weighted by molar-refractivity contribution is 6.00. The van der Waals surface area contributed by atoms with Crippen LogP contribution in [-0.4, -0.2) is 30.1 Å². The van der Waals surface area contributed by atoms with E-state index < -0.39 is 0 Å². The fraction of sp³-hybridized carbons (Fsp3) is 0.467. The second-order valence-electron chi connectivity index (χ2n) is 5.18. The van der Waals surface area contributed by atoms with Crippen molar-refractivity contribution < 1.29 is 9.90 Å². The van der Waals surface area contributed by atoms with Crippen LogP contribution in [0.4, 0.5) is 5.69 Å². The van der Waals surface area contributed by atoms with Crippen LogP contribution >= 0.6 is 0 Å². The van der Waals surface area contributed by atoms with Crippen LogP contribution < -0.4 is 4.90 Å². The third kappa shape index (κ3) is 2.77. The van der Waals surface area contributed by atoms with Crippen molar-refractivity contribution in [1.29, 1.82) is 5.26 Å². The highest BCUT2D eigenvalue weighted by Crippen LogP contribution is 2.27. The van der Waals surface area contributed by atoms with Gasteiger partial charge in [0.1, 0.15) is 0 Å². The molecule has 1 aliphatic heterocycles. The smallest absolute Gasteiger partial charge is 0.161 e. The number of nitriles is 1. The Balaban J connectivity index is 2.37. The van der Waals surface area contributed by atoms with Crippen molar-refractivity contribution in [2.45, 2.75) is 26.4 Å². The molecule has 0 amide bonds. The number of carbonyl (C=O) groups excluding carboxylic acids is 1. The largest absolute Gasteiger partial charge is 0.391 e. The minimum absolute atomic E-state index is 0.0207. The first kappa shape index (κ1) is 13.6. The van der Waals surface area contributed by atoms with Gasteiger partial charge in [-0.15, -0.1) is 0 Å². The van der Waals surface area contributed by atoms with Gasteiger partial charge in [-0.3, -0.25) is 4.79 Å². The van der Waals surface area contributed by atoms with E-state index in [1.54, 1.807) is 18.2 Å². The van der Waals surface area contributed by atoms with Crippen LogP contribution in [0.3, 0.4) is 0 Å². The molecule has 1 aromatic carbocycles. The molecule has 1 fully saturated rings. The maximum atomic E-state index is 11.7. The van der Waals surface area contributed by atoms with Gasteiger partial charge in [0.2, 0.25) is 0 Å². The number of hydrogen-bond donors (Lipinski definition) is 1. The summed E-state index contributed by atoms with van der Waals surface area (Å²) in [5.41, 5.74) is 1.91. The van der Waals surface area contributed by atoms with Crippen molar-refractivity contribution in [3.63, 3.8) is 0 Å². The van der Waals surface area contributed by atoms with E-state index in [2.05, 4.69) is 6.07 Å². The maximum absolute atomic E-state index is 11.7. The molecule has 0 radical (unpaired) electrons. The number of piperidine rings is 1. The van der Waals surface area contributed by atoms with Gasteiger partial charge in [0.05, 0.1) is 17.7 Å². The molecule has 1 saturated heterocycles. The van der Waals surface area contributed by atoms with Crippen molar-refractivity contribution in [3.8, 4) is 6.07 Å². The van der Waals surface area contributed by atoms with Crippen molar-refractivity contribution in [1.82, 2.24) is 0 Å². The summed E-state index contributed by atoms with van der Waals surface area (Å²) in [5, 5.41) is 19.0. The molecule has 1 aliphatic rings. The van der Waals surface area contributed by atoms with E-state index in [0.717, 1.165) is 18.7 Å². The summed E-state index contributed by atoms with van der Waals surface area (Å²) in [6.45, 7) is 4.86. The first-order valence-corrected chi connectivity index (χ1v) is 6.51. The Morgan fingerprint density at radius 2 is 2.26 bits per heavy atom. The molecule has 100 valence electrons. The molecule has 1 heterocycles. The van der Waals surface area contributed by atoms with E-state index in [1.165, 1.54) is 6.92 Å². The van der Waals surface area contributed by atoms with Crippen molar-refractivity contribution in [2.24, 2.45) is 5.92 Å². The van der Waals surface area contributed by atoms with Gasteiger partial charge < -0.3 is 10.0 Å². The molecule has 4 heteroatoms. The molecule has 0 saturated carbocycles. The van der Waals surface area contributed by atoms with E-state index in [1.807, 2.05) is 11.8 Å². The Hall–Kier alpha value is -1.86. The molecule has 0 bridgehead atoms. The van der Waals surface area contributed by atoms with E-state index in [0.29, 0.717) is 17.7 Å². The zero-order valence-corrected chi connectivity index (χ0v) is 11.3. The molecular weight excluding hydrogens is 240 g/mol. The highest BCUT2D eigenvalue weighted by atomic mass is 16.3. The monoisotopic (exact) mass is 258 g/mol. The number of ketones is 1. The standard InChI is InChI=1S/C15H18N2O2/c1-10-5-6-17(9-15(10)19)14-7-12(8-16)3-4-13(14)11(2)18/h3-4,7,10,15,19H,5-6,9H2,1-2H3. The molecule has 0 spiro atoms. The number of Topliss-reactive ketones (excluding diaryl/α,β-unsaturated/α-hetero) is 1. The van der Waals surface area contributed by atoms with Crippen molar-refractivity contribution >= 4 is 11.5 Å². The van der Waals surface area contributed by atoms with Gasteiger partial charge in [-0.25, -0.2) is 0 Å². The topological polar surface area (TPSA) is 64.3 Å². The van der Waals surface area contributed by atoms with Crippen LogP contribution in [0, 0.1) is 17.2 Å². The van der Waals surface area contributed by atoms with Crippen LogP contribution in [0.5, 0.6) is 0 Å². The zero-order chi connectivity index (χ0) is 14.0. The molecule has 2 rings (SSSR count). The van der Waals surface area contributed by atoms with Crippen LogP contribution in [0.1, 0.15) is 36.2 Å². The van der Waals surface area contributed by atoms with E-state index in [9.17, 15) is 9.90 Å². The number of aliphatic hydroxyl groups excluding tert-OH is 1. The Morgan fingerprint density at radius 1 is 1.53 bits per heavy atom. The predicted octanol–water partition coefficient (Wildman–Crippen LogP) is 1.97. The molecule has 0 aromatic heterocycles. The lowest BCUT2D eigenvalue weighted by Crippen LogP contribution is -2.43. The lowest BCUT2D eigenvalue weighted by atomic mass is 9.94. The molecule has 19 heavy (non-hydrogen) atoms. The van der Waals surface area contributed by atoms with Gasteiger partial charge in [0, 0.05) is 24.3 Å². The van der Waals surface area contributed by atoms with Gasteiger partial charge in [0.15, 0.2) is 5.78 Å². The van der Waals surface area contributed by atoms with Gasteiger partial charge >= 0.3 is 0 Å². The van der Waals surface area contributed by atoms with E-state index in [4.69, 9.17) is 5.26 Å². The number of carbonyl (C=O) groups is 1. The van der Waals surface area contributed by atoms with Crippen LogP contribution in [-0.2, 0) is 0 Å². The number of hydrogen-bond acceptors (Lipinski definition) is 4. The third-order valence-corrected chi connectivity index (χ3v) is 3.77. The number of aliphatic hydroxyl groups is 1. The lowest BCUT2D eigenvalue weighted by molar-refractivity contribution is 0.0996. The summed E-state index contributed by atoms with van der Waals surface area (Å²) < 4.78 is 0. The van der Waals surface area contributed by atoms with Crippen molar-refractivity contribution in [2.75, 3.05) is 18.0 Å². The summed E-state index contributed by atoms with van der Waals surface area (Å²) in [6.07, 6.45) is 0.495. The Kier molecular flexibility index (Phi) is 3.87. The SMILES string of the molecule is CC(=O)c1ccc(C#N)cc1N1CCC(C)C(O)C1. The minimum atomic E-state index is -0.390. The molecule has 4 nitrogen and oxygen atoms in total. The first-order chi connectivity index (χ1) is 9.02. The molecule has 2 atom stereocenters. The van der Waals surface area contributed by atoms with Crippen LogP contribution in [0.15, 0.2) is 18.2 Å². The fourth-order valence-electron chi connectivity index (χ4n) is 2.43. The van der Waals surface area contributed by atoms with Gasteiger partial charge in [0.25, 0.3) is 0 Å². The molecule has 1 aromatic rings. The average molecular weight is 258 g/mol. The molecule has 1 N–H and O–H groups in total. The van der Waals surface area contributed by atoms with E-state index >= 15 is 0 Å². The molecule has 2 unspecified atom stereocenters. The number of benzene rings is 1.